The summed E-state index contributed by atoms with van der Waals surface area (Å²) in [4.78, 5) is 10.6. The van der Waals surface area contributed by atoms with Crippen molar-refractivity contribution >= 4 is 17.6 Å². The minimum absolute atomic E-state index is 0.309. The molecule has 1 aromatic heterocycles. The normalized spacial score (nSPS) is 16.9. The lowest BCUT2D eigenvalue weighted by molar-refractivity contribution is 0.0458. The van der Waals surface area contributed by atoms with Crippen LogP contribution in [0.3, 0.4) is 0 Å². The van der Waals surface area contributed by atoms with Crippen LogP contribution in [-0.2, 0) is 4.74 Å². The number of nitrogens with zero attached hydrogens (tertiary/aromatic N) is 3. The molecule has 0 unspecified atom stereocenters. The third-order valence-electron chi connectivity index (χ3n) is 3.15. The van der Waals surface area contributed by atoms with E-state index in [2.05, 4.69) is 20.2 Å². The second-order valence-electron chi connectivity index (χ2n) is 4.36. The minimum atomic E-state index is 0.309. The van der Waals surface area contributed by atoms with Gasteiger partial charge >= 0.3 is 0 Å². The molecular weight excluding hydrogens is 230 g/mol. The van der Waals surface area contributed by atoms with E-state index in [1.165, 1.54) is 0 Å². The SMILES string of the molecule is CCOC1CCN(c2cc(NC)nc(N)n2)CC1. The number of anilines is 3. The van der Waals surface area contributed by atoms with Gasteiger partial charge in [0.15, 0.2) is 0 Å². The molecule has 1 aliphatic rings. The van der Waals surface area contributed by atoms with Crippen molar-refractivity contribution < 1.29 is 4.74 Å². The predicted octanol–water partition coefficient (Wildman–Crippen LogP) is 1.11. The predicted molar refractivity (Wildman–Crippen MR) is 72.9 cm³/mol. The van der Waals surface area contributed by atoms with Gasteiger partial charge in [-0.15, -0.1) is 0 Å². The van der Waals surface area contributed by atoms with Gasteiger partial charge in [-0.2, -0.15) is 9.97 Å². The van der Waals surface area contributed by atoms with Crippen LogP contribution in [0.15, 0.2) is 6.07 Å². The molecule has 2 rings (SSSR count). The average Bonchev–Trinajstić information content (AvgIpc) is 2.39. The van der Waals surface area contributed by atoms with E-state index < -0.39 is 0 Å². The van der Waals surface area contributed by atoms with Crippen molar-refractivity contribution in [3.63, 3.8) is 0 Å². The van der Waals surface area contributed by atoms with Crippen LogP contribution in [0.2, 0.25) is 0 Å². The van der Waals surface area contributed by atoms with Gasteiger partial charge in [0.05, 0.1) is 6.10 Å². The standard InChI is InChI=1S/C12H21N5O/c1-3-18-9-4-6-17(7-5-9)11-8-10(14-2)15-12(13)16-11/h8-9H,3-7H2,1-2H3,(H3,13,14,15,16). The van der Waals surface area contributed by atoms with Crippen LogP contribution in [0.4, 0.5) is 17.6 Å². The molecule has 2 heterocycles. The second-order valence-corrected chi connectivity index (χ2v) is 4.36. The molecule has 0 bridgehead atoms. The maximum absolute atomic E-state index is 5.70. The molecule has 1 aromatic rings. The van der Waals surface area contributed by atoms with Gasteiger partial charge < -0.3 is 20.7 Å². The third-order valence-corrected chi connectivity index (χ3v) is 3.15. The molecule has 1 fully saturated rings. The van der Waals surface area contributed by atoms with Gasteiger partial charge in [-0.3, -0.25) is 0 Å². The zero-order valence-electron chi connectivity index (χ0n) is 11.0. The lowest BCUT2D eigenvalue weighted by Crippen LogP contribution is -2.37. The van der Waals surface area contributed by atoms with E-state index in [4.69, 9.17) is 10.5 Å². The molecule has 0 aromatic carbocycles. The van der Waals surface area contributed by atoms with Crippen molar-refractivity contribution in [2.24, 2.45) is 0 Å². The Balaban J connectivity index is 2.02. The quantitative estimate of drug-likeness (QED) is 0.834. The van der Waals surface area contributed by atoms with E-state index in [9.17, 15) is 0 Å². The van der Waals surface area contributed by atoms with E-state index >= 15 is 0 Å². The van der Waals surface area contributed by atoms with Crippen molar-refractivity contribution in [3.8, 4) is 0 Å². The molecule has 3 N–H and O–H groups in total. The van der Waals surface area contributed by atoms with Crippen molar-refractivity contribution in [2.75, 3.05) is 42.7 Å². The number of aromatic nitrogens is 2. The number of rotatable bonds is 4. The Labute approximate surface area is 108 Å². The number of nitrogen functional groups attached to an aromatic ring is 1. The van der Waals surface area contributed by atoms with E-state index in [-0.39, 0.29) is 0 Å². The summed E-state index contributed by atoms with van der Waals surface area (Å²) in [6, 6.07) is 1.93. The van der Waals surface area contributed by atoms with Crippen LogP contribution in [0, 0.1) is 0 Å². The summed E-state index contributed by atoms with van der Waals surface area (Å²) in [5.74, 6) is 1.95. The number of nitrogens with two attached hydrogens (primary N) is 1. The van der Waals surface area contributed by atoms with Gasteiger partial charge in [-0.1, -0.05) is 0 Å². The Morgan fingerprint density at radius 3 is 2.78 bits per heavy atom. The van der Waals surface area contributed by atoms with Gasteiger partial charge in [0.25, 0.3) is 0 Å². The zero-order valence-corrected chi connectivity index (χ0v) is 11.0. The molecule has 6 heteroatoms. The summed E-state index contributed by atoms with van der Waals surface area (Å²) in [6.45, 7) is 4.72. The first kappa shape index (κ1) is 12.9. The second kappa shape index (κ2) is 5.86. The third kappa shape index (κ3) is 3.01. The molecule has 0 atom stereocenters. The van der Waals surface area contributed by atoms with Gasteiger partial charge in [-0.25, -0.2) is 0 Å². The van der Waals surface area contributed by atoms with E-state index in [0.29, 0.717) is 12.1 Å². The Morgan fingerprint density at radius 1 is 1.44 bits per heavy atom. The van der Waals surface area contributed by atoms with Gasteiger partial charge in [0.1, 0.15) is 11.6 Å². The number of piperidine rings is 1. The van der Waals surface area contributed by atoms with Crippen LogP contribution in [0.5, 0.6) is 0 Å². The molecule has 1 saturated heterocycles. The molecule has 100 valence electrons. The summed E-state index contributed by atoms with van der Waals surface area (Å²) < 4.78 is 5.64. The molecule has 6 nitrogen and oxygen atoms in total. The molecule has 0 amide bonds. The maximum Gasteiger partial charge on any atom is 0.223 e. The van der Waals surface area contributed by atoms with Gasteiger partial charge in [0, 0.05) is 32.8 Å². The molecular formula is C12H21N5O. The topological polar surface area (TPSA) is 76.3 Å². The van der Waals surface area contributed by atoms with Crippen molar-refractivity contribution in [1.82, 2.24) is 9.97 Å². The average molecular weight is 251 g/mol. The number of hydrogen-bond acceptors (Lipinski definition) is 6. The number of nitrogens with one attached hydrogen (secondary N) is 1. The molecule has 0 spiro atoms. The first-order valence-electron chi connectivity index (χ1n) is 6.41. The Bertz CT molecular complexity index is 390. The highest BCUT2D eigenvalue weighted by atomic mass is 16.5. The molecule has 18 heavy (non-hydrogen) atoms. The summed E-state index contributed by atoms with van der Waals surface area (Å²) in [5.41, 5.74) is 5.70. The highest BCUT2D eigenvalue weighted by molar-refractivity contribution is 5.52. The monoisotopic (exact) mass is 251 g/mol. The fourth-order valence-electron chi connectivity index (χ4n) is 2.23. The van der Waals surface area contributed by atoms with Crippen LogP contribution in [0.1, 0.15) is 19.8 Å². The first-order valence-corrected chi connectivity index (χ1v) is 6.41. The lowest BCUT2D eigenvalue weighted by Gasteiger charge is -2.32. The molecule has 1 aliphatic heterocycles. The van der Waals surface area contributed by atoms with Crippen LogP contribution in [0.25, 0.3) is 0 Å². The summed E-state index contributed by atoms with van der Waals surface area (Å²) in [6.07, 6.45) is 2.45. The fourth-order valence-corrected chi connectivity index (χ4v) is 2.23. The highest BCUT2D eigenvalue weighted by Crippen LogP contribution is 2.22. The zero-order chi connectivity index (χ0) is 13.0. The smallest absolute Gasteiger partial charge is 0.223 e. The minimum Gasteiger partial charge on any atom is -0.378 e. The van der Waals surface area contributed by atoms with Crippen LogP contribution >= 0.6 is 0 Å². The highest BCUT2D eigenvalue weighted by Gasteiger charge is 2.20. The number of ether oxygens (including phenoxy) is 1. The fraction of sp³-hybridized carbons (Fsp3) is 0.667. The van der Waals surface area contributed by atoms with Crippen molar-refractivity contribution in [3.05, 3.63) is 6.07 Å². The lowest BCUT2D eigenvalue weighted by atomic mass is 10.1. The van der Waals surface area contributed by atoms with Crippen LogP contribution in [-0.4, -0.2) is 42.8 Å². The Morgan fingerprint density at radius 2 is 2.17 bits per heavy atom. The van der Waals surface area contributed by atoms with E-state index in [1.807, 2.05) is 20.0 Å². The Hall–Kier alpha value is -1.56. The van der Waals surface area contributed by atoms with Crippen molar-refractivity contribution in [1.29, 1.82) is 0 Å². The summed E-state index contributed by atoms with van der Waals surface area (Å²) in [7, 11) is 1.83. The van der Waals surface area contributed by atoms with Gasteiger partial charge in [0.2, 0.25) is 5.95 Å². The van der Waals surface area contributed by atoms with Gasteiger partial charge in [-0.05, 0) is 19.8 Å². The molecule has 0 radical (unpaired) electrons. The largest absolute Gasteiger partial charge is 0.378 e. The summed E-state index contributed by atoms with van der Waals surface area (Å²) >= 11 is 0. The number of hydrogen-bond donors (Lipinski definition) is 2. The van der Waals surface area contributed by atoms with E-state index in [1.54, 1.807) is 0 Å². The maximum atomic E-state index is 5.70. The Kier molecular flexibility index (Phi) is 4.19. The van der Waals surface area contributed by atoms with Crippen LogP contribution < -0.4 is 16.0 Å². The molecule has 0 saturated carbocycles. The summed E-state index contributed by atoms with van der Waals surface area (Å²) in [5, 5.41) is 2.99. The first-order chi connectivity index (χ1) is 8.72. The van der Waals surface area contributed by atoms with E-state index in [0.717, 1.165) is 44.2 Å². The molecule has 0 aliphatic carbocycles. The van der Waals surface area contributed by atoms with Crippen molar-refractivity contribution in [2.45, 2.75) is 25.9 Å².